The smallest absolute Gasteiger partial charge is 0.234 e. The maximum atomic E-state index is 11.6. The molecule has 1 amide bonds. The van der Waals surface area contributed by atoms with Crippen LogP contribution in [0.15, 0.2) is 48.8 Å². The second-order valence-corrected chi connectivity index (χ2v) is 5.83. The molecule has 0 spiro atoms. The van der Waals surface area contributed by atoms with Crippen LogP contribution in [0.3, 0.4) is 0 Å². The largest absolute Gasteiger partial charge is 0.368 e. The van der Waals surface area contributed by atoms with Crippen molar-refractivity contribution in [2.24, 2.45) is 5.73 Å². The van der Waals surface area contributed by atoms with Gasteiger partial charge >= 0.3 is 0 Å². The summed E-state index contributed by atoms with van der Waals surface area (Å²) in [5.74, 6) is -0.210. The quantitative estimate of drug-likeness (QED) is 0.943. The zero-order valence-electron chi connectivity index (χ0n) is 12.8. The Hall–Kier alpha value is -2.20. The van der Waals surface area contributed by atoms with Crippen molar-refractivity contribution in [3.8, 4) is 11.1 Å². The van der Waals surface area contributed by atoms with Crippen LogP contribution in [0.1, 0.15) is 31.4 Å². The molecule has 2 heterocycles. The molecule has 1 fully saturated rings. The Morgan fingerprint density at radius 1 is 1.18 bits per heavy atom. The molecular formula is C18H21N3O. The molecule has 4 heteroatoms. The van der Waals surface area contributed by atoms with E-state index in [1.807, 2.05) is 12.1 Å². The van der Waals surface area contributed by atoms with Gasteiger partial charge in [-0.25, -0.2) is 0 Å². The fraction of sp³-hybridized carbons (Fsp3) is 0.333. The number of carbonyl (C=O) groups is 1. The number of hydrogen-bond donors (Lipinski definition) is 1. The van der Waals surface area contributed by atoms with E-state index in [1.165, 1.54) is 11.1 Å². The summed E-state index contributed by atoms with van der Waals surface area (Å²) in [7, 11) is 0. The summed E-state index contributed by atoms with van der Waals surface area (Å²) in [6.45, 7) is 3.07. The highest BCUT2D eigenvalue weighted by Gasteiger charge is 2.32. The molecule has 114 valence electrons. The molecule has 1 aromatic heterocycles. The Bertz CT molecular complexity index is 639. The average molecular weight is 295 g/mol. The van der Waals surface area contributed by atoms with Crippen LogP contribution in [0.2, 0.25) is 0 Å². The minimum Gasteiger partial charge on any atom is -0.368 e. The summed E-state index contributed by atoms with van der Waals surface area (Å²) in [5, 5.41) is 0. The lowest BCUT2D eigenvalue weighted by Crippen LogP contribution is -2.41. The number of aromatic nitrogens is 1. The van der Waals surface area contributed by atoms with E-state index < -0.39 is 0 Å². The number of benzene rings is 1. The summed E-state index contributed by atoms with van der Waals surface area (Å²) in [6.07, 6.45) is 5.50. The topological polar surface area (TPSA) is 59.2 Å². The van der Waals surface area contributed by atoms with Crippen molar-refractivity contribution < 1.29 is 4.79 Å². The lowest BCUT2D eigenvalue weighted by molar-refractivity contribution is -0.122. The molecule has 3 rings (SSSR count). The second-order valence-electron chi connectivity index (χ2n) is 5.83. The van der Waals surface area contributed by atoms with Crippen molar-refractivity contribution in [1.29, 1.82) is 0 Å². The van der Waals surface area contributed by atoms with Crippen LogP contribution >= 0.6 is 0 Å². The molecule has 4 nitrogen and oxygen atoms in total. The molecule has 1 unspecified atom stereocenters. The van der Waals surface area contributed by atoms with Crippen molar-refractivity contribution in [1.82, 2.24) is 9.88 Å². The molecule has 1 aliphatic rings. The molecule has 0 aliphatic carbocycles. The minimum atomic E-state index is -0.210. The third-order valence-corrected chi connectivity index (χ3v) is 4.53. The van der Waals surface area contributed by atoms with Gasteiger partial charge in [0.1, 0.15) is 0 Å². The van der Waals surface area contributed by atoms with Crippen LogP contribution in [0.25, 0.3) is 11.1 Å². The van der Waals surface area contributed by atoms with E-state index >= 15 is 0 Å². The van der Waals surface area contributed by atoms with E-state index in [0.717, 1.165) is 24.9 Å². The first-order valence-corrected chi connectivity index (χ1v) is 7.72. The normalized spacial score (nSPS) is 20.0. The Morgan fingerprint density at radius 3 is 2.45 bits per heavy atom. The number of hydrogen-bond acceptors (Lipinski definition) is 3. The monoisotopic (exact) mass is 295 g/mol. The summed E-state index contributed by atoms with van der Waals surface area (Å²) >= 11 is 0. The Labute approximate surface area is 131 Å². The first-order chi connectivity index (χ1) is 10.7. The number of nitrogens with zero attached hydrogens (tertiary/aromatic N) is 2. The summed E-state index contributed by atoms with van der Waals surface area (Å²) in [4.78, 5) is 17.8. The molecule has 1 aromatic carbocycles. The number of likely N-dealkylation sites (tertiary alicyclic amines) is 1. The molecule has 0 bridgehead atoms. The number of primary amides is 1. The second kappa shape index (κ2) is 6.28. The van der Waals surface area contributed by atoms with Crippen molar-refractivity contribution in [2.75, 3.05) is 6.54 Å². The van der Waals surface area contributed by atoms with Gasteiger partial charge < -0.3 is 5.73 Å². The van der Waals surface area contributed by atoms with E-state index in [0.29, 0.717) is 0 Å². The third-order valence-electron chi connectivity index (χ3n) is 4.53. The predicted molar refractivity (Wildman–Crippen MR) is 87.0 cm³/mol. The molecule has 1 aliphatic heterocycles. The maximum absolute atomic E-state index is 11.6. The van der Waals surface area contributed by atoms with Crippen molar-refractivity contribution >= 4 is 5.91 Å². The van der Waals surface area contributed by atoms with Crippen molar-refractivity contribution in [2.45, 2.75) is 31.8 Å². The molecule has 2 N–H and O–H groups in total. The standard InChI is InChI=1S/C18H21N3O/c1-13(21-12-2-3-17(21)18(19)22)14-4-6-15(7-5-14)16-8-10-20-11-9-16/h4-11,13,17H,2-3,12H2,1H3,(H2,19,22)/t13-,17?/m0/s1. The predicted octanol–water partition coefficient (Wildman–Crippen LogP) is 2.76. The van der Waals surface area contributed by atoms with Gasteiger partial charge in [-0.2, -0.15) is 0 Å². The SMILES string of the molecule is C[C@@H](c1ccc(-c2ccncc2)cc1)N1CCCC1C(N)=O. The van der Waals surface area contributed by atoms with Gasteiger partial charge in [-0.3, -0.25) is 14.7 Å². The van der Waals surface area contributed by atoms with Crippen molar-refractivity contribution in [3.05, 3.63) is 54.4 Å². The lowest BCUT2D eigenvalue weighted by Gasteiger charge is -2.29. The zero-order chi connectivity index (χ0) is 15.5. The van der Waals surface area contributed by atoms with Crippen LogP contribution in [0.4, 0.5) is 0 Å². The van der Waals surface area contributed by atoms with E-state index in [4.69, 9.17) is 5.73 Å². The highest BCUT2D eigenvalue weighted by atomic mass is 16.1. The number of amides is 1. The molecule has 2 aromatic rings. The fourth-order valence-electron chi connectivity index (χ4n) is 3.25. The van der Waals surface area contributed by atoms with Crippen LogP contribution < -0.4 is 5.73 Å². The fourth-order valence-corrected chi connectivity index (χ4v) is 3.25. The van der Waals surface area contributed by atoms with E-state index in [1.54, 1.807) is 12.4 Å². The average Bonchev–Trinajstić information content (AvgIpc) is 3.05. The molecule has 2 atom stereocenters. The minimum absolute atomic E-state index is 0.130. The lowest BCUT2D eigenvalue weighted by atomic mass is 10.0. The molecule has 0 saturated carbocycles. The van der Waals surface area contributed by atoms with Gasteiger partial charge in [-0.05, 0) is 55.1 Å². The molecule has 22 heavy (non-hydrogen) atoms. The van der Waals surface area contributed by atoms with E-state index in [2.05, 4.69) is 41.1 Å². The van der Waals surface area contributed by atoms with E-state index in [-0.39, 0.29) is 18.0 Å². The first-order valence-electron chi connectivity index (χ1n) is 7.72. The Morgan fingerprint density at radius 2 is 1.82 bits per heavy atom. The molecule has 1 saturated heterocycles. The van der Waals surface area contributed by atoms with Crippen LogP contribution in [0.5, 0.6) is 0 Å². The van der Waals surface area contributed by atoms with Crippen molar-refractivity contribution in [3.63, 3.8) is 0 Å². The highest BCUT2D eigenvalue weighted by Crippen LogP contribution is 2.30. The van der Waals surface area contributed by atoms with Crippen LogP contribution in [0, 0.1) is 0 Å². The zero-order valence-corrected chi connectivity index (χ0v) is 12.8. The number of rotatable bonds is 4. The van der Waals surface area contributed by atoms with Gasteiger partial charge in [0, 0.05) is 18.4 Å². The van der Waals surface area contributed by atoms with Crippen LogP contribution in [-0.2, 0) is 4.79 Å². The summed E-state index contributed by atoms with van der Waals surface area (Å²) in [5.41, 5.74) is 9.06. The van der Waals surface area contributed by atoms with Gasteiger partial charge in [0.25, 0.3) is 0 Å². The van der Waals surface area contributed by atoms with Gasteiger partial charge in [-0.1, -0.05) is 24.3 Å². The van der Waals surface area contributed by atoms with Gasteiger partial charge in [-0.15, -0.1) is 0 Å². The molecular weight excluding hydrogens is 274 g/mol. The van der Waals surface area contributed by atoms with E-state index in [9.17, 15) is 4.79 Å². The number of carbonyl (C=O) groups excluding carboxylic acids is 1. The maximum Gasteiger partial charge on any atom is 0.234 e. The Kier molecular flexibility index (Phi) is 4.20. The van der Waals surface area contributed by atoms with Crippen LogP contribution in [-0.4, -0.2) is 28.4 Å². The summed E-state index contributed by atoms with van der Waals surface area (Å²) in [6, 6.07) is 12.6. The highest BCUT2D eigenvalue weighted by molar-refractivity contribution is 5.80. The summed E-state index contributed by atoms with van der Waals surface area (Å²) < 4.78 is 0. The third kappa shape index (κ3) is 2.88. The number of pyridine rings is 1. The van der Waals surface area contributed by atoms with Gasteiger partial charge in [0.05, 0.1) is 6.04 Å². The van der Waals surface area contributed by atoms with Gasteiger partial charge in [0.15, 0.2) is 0 Å². The first kappa shape index (κ1) is 14.7. The molecule has 0 radical (unpaired) electrons. The van der Waals surface area contributed by atoms with Gasteiger partial charge in [0.2, 0.25) is 5.91 Å². The Balaban J connectivity index is 1.79. The number of nitrogens with two attached hydrogens (primary N) is 1.